The molecule has 116 valence electrons. The molecule has 0 aromatic carbocycles. The van der Waals surface area contributed by atoms with Crippen molar-refractivity contribution in [2.75, 3.05) is 0 Å². The maximum atomic E-state index is 12.3. The molecule has 1 amide bonds. The van der Waals surface area contributed by atoms with Crippen LogP contribution in [-0.2, 0) is 0 Å². The van der Waals surface area contributed by atoms with Gasteiger partial charge in [0.1, 0.15) is 12.2 Å². The van der Waals surface area contributed by atoms with Crippen molar-refractivity contribution in [3.8, 4) is 0 Å². The van der Waals surface area contributed by atoms with Crippen LogP contribution in [0.5, 0.6) is 0 Å². The first kappa shape index (κ1) is 14.6. The van der Waals surface area contributed by atoms with Crippen molar-refractivity contribution in [1.29, 1.82) is 0 Å². The maximum absolute atomic E-state index is 12.3. The number of amides is 1. The molecule has 1 aliphatic carbocycles. The van der Waals surface area contributed by atoms with Crippen molar-refractivity contribution in [2.45, 2.75) is 44.9 Å². The molecule has 2 aromatic rings. The van der Waals surface area contributed by atoms with Gasteiger partial charge in [-0.2, -0.15) is 0 Å². The van der Waals surface area contributed by atoms with Crippen molar-refractivity contribution >= 4 is 5.91 Å². The van der Waals surface area contributed by atoms with Gasteiger partial charge in [0, 0.05) is 18.6 Å². The summed E-state index contributed by atoms with van der Waals surface area (Å²) in [6.45, 7) is 3.67. The Bertz CT molecular complexity index is 684. The zero-order valence-electron chi connectivity index (χ0n) is 12.6. The first-order valence-electron chi connectivity index (χ1n) is 7.33. The van der Waals surface area contributed by atoms with Gasteiger partial charge in [0.2, 0.25) is 0 Å². The van der Waals surface area contributed by atoms with E-state index in [0.29, 0.717) is 11.3 Å². The number of imidazole rings is 1. The molecule has 7 heteroatoms. The van der Waals surface area contributed by atoms with E-state index in [2.05, 4.69) is 20.3 Å². The number of carbonyl (C=O) groups is 1. The highest BCUT2D eigenvalue weighted by Crippen LogP contribution is 2.31. The summed E-state index contributed by atoms with van der Waals surface area (Å²) in [6, 6.07) is -0.333. The minimum atomic E-state index is -0.637. The molecule has 22 heavy (non-hydrogen) atoms. The summed E-state index contributed by atoms with van der Waals surface area (Å²) < 4.78 is 1.97. The van der Waals surface area contributed by atoms with Gasteiger partial charge >= 0.3 is 0 Å². The summed E-state index contributed by atoms with van der Waals surface area (Å²) in [7, 11) is 0. The second-order valence-corrected chi connectivity index (χ2v) is 5.62. The van der Waals surface area contributed by atoms with E-state index >= 15 is 0 Å². The number of aromatic nitrogens is 4. The van der Waals surface area contributed by atoms with Gasteiger partial charge in [0.15, 0.2) is 0 Å². The summed E-state index contributed by atoms with van der Waals surface area (Å²) in [5, 5.41) is 13.4. The van der Waals surface area contributed by atoms with Crippen LogP contribution in [0.15, 0.2) is 24.9 Å². The number of nitrogens with one attached hydrogen (secondary N) is 1. The number of rotatable bonds is 3. The van der Waals surface area contributed by atoms with Gasteiger partial charge in [-0.25, -0.2) is 15.0 Å². The van der Waals surface area contributed by atoms with E-state index in [0.717, 1.165) is 18.7 Å². The lowest BCUT2D eigenvalue weighted by molar-refractivity contribution is 0.0810. The minimum absolute atomic E-state index is 0.0547. The van der Waals surface area contributed by atoms with Crippen LogP contribution in [-0.4, -0.2) is 42.7 Å². The van der Waals surface area contributed by atoms with Crippen LogP contribution in [0, 0.1) is 13.8 Å². The molecular formula is C15H19N5O2. The molecule has 1 aliphatic rings. The largest absolute Gasteiger partial charge is 0.389 e. The Morgan fingerprint density at radius 2 is 2.18 bits per heavy atom. The van der Waals surface area contributed by atoms with Crippen LogP contribution in [0.25, 0.3) is 0 Å². The lowest BCUT2D eigenvalue weighted by Gasteiger charge is -2.22. The van der Waals surface area contributed by atoms with Gasteiger partial charge in [-0.3, -0.25) is 4.79 Å². The molecule has 2 N–H and O–H groups in total. The third-order valence-electron chi connectivity index (χ3n) is 4.27. The minimum Gasteiger partial charge on any atom is -0.389 e. The summed E-state index contributed by atoms with van der Waals surface area (Å²) in [5.41, 5.74) is 1.07. The number of hydrogen-bond acceptors (Lipinski definition) is 5. The third-order valence-corrected chi connectivity index (χ3v) is 4.27. The second kappa shape index (κ2) is 5.84. The molecule has 7 nitrogen and oxygen atoms in total. The van der Waals surface area contributed by atoms with Crippen molar-refractivity contribution in [2.24, 2.45) is 0 Å². The van der Waals surface area contributed by atoms with Crippen LogP contribution in [0.3, 0.4) is 0 Å². The highest BCUT2D eigenvalue weighted by Gasteiger charge is 2.37. The average Bonchev–Trinajstić information content (AvgIpc) is 3.06. The molecule has 0 radical (unpaired) electrons. The lowest BCUT2D eigenvalue weighted by Crippen LogP contribution is -2.42. The van der Waals surface area contributed by atoms with Crippen LogP contribution in [0.4, 0.5) is 0 Å². The predicted octanol–water partition coefficient (Wildman–Crippen LogP) is 0.784. The molecule has 1 fully saturated rings. The molecule has 2 heterocycles. The van der Waals surface area contributed by atoms with Gasteiger partial charge in [0.05, 0.1) is 29.4 Å². The normalized spacial score (nSPS) is 24.4. The van der Waals surface area contributed by atoms with E-state index in [4.69, 9.17) is 0 Å². The smallest absolute Gasteiger partial charge is 0.255 e. The molecule has 0 saturated heterocycles. The van der Waals surface area contributed by atoms with E-state index in [-0.39, 0.29) is 18.0 Å². The fourth-order valence-corrected chi connectivity index (χ4v) is 3.02. The monoisotopic (exact) mass is 301 g/mol. The first-order valence-corrected chi connectivity index (χ1v) is 7.33. The number of aliphatic hydroxyl groups is 1. The number of aliphatic hydroxyl groups excluding tert-OH is 1. The van der Waals surface area contributed by atoms with Crippen molar-refractivity contribution in [3.63, 3.8) is 0 Å². The van der Waals surface area contributed by atoms with Gasteiger partial charge < -0.3 is 15.0 Å². The van der Waals surface area contributed by atoms with E-state index in [1.807, 2.05) is 17.7 Å². The molecule has 0 bridgehead atoms. The topological polar surface area (TPSA) is 92.9 Å². The van der Waals surface area contributed by atoms with E-state index in [1.165, 1.54) is 12.5 Å². The zero-order valence-corrected chi connectivity index (χ0v) is 12.6. The van der Waals surface area contributed by atoms with E-state index in [1.54, 1.807) is 13.1 Å². The van der Waals surface area contributed by atoms with Crippen LogP contribution in [0.2, 0.25) is 0 Å². The van der Waals surface area contributed by atoms with Gasteiger partial charge in [-0.1, -0.05) is 0 Å². The van der Waals surface area contributed by atoms with Crippen molar-refractivity contribution in [1.82, 2.24) is 24.8 Å². The Morgan fingerprint density at radius 3 is 2.86 bits per heavy atom. The number of aryl methyl sites for hydroxylation is 2. The molecule has 2 aromatic heterocycles. The lowest BCUT2D eigenvalue weighted by atomic mass is 10.1. The standard InChI is InChI=1S/C15H19N5O2/c1-9-11(7-16-8-18-9)15(22)19-12-3-4-13(14(12)21)20-6-5-17-10(20)2/h5-8,12-14,21H,3-4H2,1-2H3,(H,19,22)/t12-,13-,14-/m1/s1. The fourth-order valence-electron chi connectivity index (χ4n) is 3.02. The highest BCUT2D eigenvalue weighted by molar-refractivity contribution is 5.95. The van der Waals surface area contributed by atoms with Gasteiger partial charge in [-0.05, 0) is 26.7 Å². The van der Waals surface area contributed by atoms with Crippen molar-refractivity contribution < 1.29 is 9.90 Å². The quantitative estimate of drug-likeness (QED) is 0.874. The number of carbonyl (C=O) groups excluding carboxylic acids is 1. The summed E-state index contributed by atoms with van der Waals surface area (Å²) in [5.74, 6) is 0.619. The SMILES string of the molecule is Cc1ncncc1C(=O)N[C@@H]1CC[C@@H](n2ccnc2C)[C@@H]1O. The van der Waals surface area contributed by atoms with Gasteiger partial charge in [0.25, 0.3) is 5.91 Å². The van der Waals surface area contributed by atoms with Gasteiger partial charge in [-0.15, -0.1) is 0 Å². The molecule has 0 spiro atoms. The average molecular weight is 301 g/mol. The number of nitrogens with zero attached hydrogens (tertiary/aromatic N) is 4. The highest BCUT2D eigenvalue weighted by atomic mass is 16.3. The van der Waals surface area contributed by atoms with Crippen LogP contribution in [0.1, 0.15) is 40.8 Å². The predicted molar refractivity (Wildman–Crippen MR) is 79.3 cm³/mol. The third kappa shape index (κ3) is 2.59. The first-order chi connectivity index (χ1) is 10.6. The molecular weight excluding hydrogens is 282 g/mol. The van der Waals surface area contributed by atoms with E-state index in [9.17, 15) is 9.90 Å². The second-order valence-electron chi connectivity index (χ2n) is 5.62. The molecule has 0 aliphatic heterocycles. The molecule has 0 unspecified atom stereocenters. The summed E-state index contributed by atoms with van der Waals surface area (Å²) in [4.78, 5) is 24.4. The maximum Gasteiger partial charge on any atom is 0.255 e. The van der Waals surface area contributed by atoms with Crippen LogP contribution >= 0.6 is 0 Å². The molecule has 3 rings (SSSR count). The summed E-state index contributed by atoms with van der Waals surface area (Å²) >= 11 is 0. The van der Waals surface area contributed by atoms with Crippen LogP contribution < -0.4 is 5.32 Å². The molecule has 3 atom stereocenters. The van der Waals surface area contributed by atoms with E-state index < -0.39 is 6.10 Å². The summed E-state index contributed by atoms with van der Waals surface area (Å²) in [6.07, 6.45) is 7.38. The fraction of sp³-hybridized carbons (Fsp3) is 0.467. The number of hydrogen-bond donors (Lipinski definition) is 2. The van der Waals surface area contributed by atoms with Crippen molar-refractivity contribution in [3.05, 3.63) is 42.0 Å². The Hall–Kier alpha value is -2.28. The Morgan fingerprint density at radius 1 is 1.36 bits per heavy atom. The molecule has 1 saturated carbocycles. The zero-order chi connectivity index (χ0) is 15.7. The Kier molecular flexibility index (Phi) is 3.89. The Labute approximate surface area is 128 Å². The Balaban J connectivity index is 1.71.